The fraction of sp³-hybridized carbons (Fsp3) is 0.278. The van der Waals surface area contributed by atoms with Crippen molar-refractivity contribution in [3.05, 3.63) is 68.5 Å². The lowest BCUT2D eigenvalue weighted by atomic mass is 10.0. The van der Waals surface area contributed by atoms with Crippen molar-refractivity contribution < 1.29 is 4.79 Å². The summed E-state index contributed by atoms with van der Waals surface area (Å²) in [5.41, 5.74) is 0.874. The Labute approximate surface area is 154 Å². The lowest BCUT2D eigenvalue weighted by Crippen LogP contribution is -2.29. The number of carbonyl (C=O) groups excluding carboxylic acids is 1. The van der Waals surface area contributed by atoms with E-state index in [-0.39, 0.29) is 11.9 Å². The fourth-order valence-electron chi connectivity index (χ4n) is 2.93. The highest BCUT2D eigenvalue weighted by Crippen LogP contribution is 2.18. The molecule has 0 bridgehead atoms. The standard InChI is InChI=1S/C18H20N6O3/c1-4-24-15(19-9-20-24)11(3)21-16(25)13-7-5-12(6-8-13)14-10(2)22-18(27)23-17(14)26/h5-9,11H,4H2,1-3H3,(H,21,25)(H2,22,23,26,27)/t11-/m1/s1. The van der Waals surface area contributed by atoms with E-state index in [0.717, 1.165) is 0 Å². The fourth-order valence-corrected chi connectivity index (χ4v) is 2.93. The Balaban J connectivity index is 1.80. The van der Waals surface area contributed by atoms with Gasteiger partial charge in [-0.15, -0.1) is 0 Å². The number of hydrogen-bond donors (Lipinski definition) is 3. The number of carbonyl (C=O) groups is 1. The van der Waals surface area contributed by atoms with E-state index in [0.29, 0.717) is 34.8 Å². The van der Waals surface area contributed by atoms with Crippen molar-refractivity contribution in [2.45, 2.75) is 33.4 Å². The topological polar surface area (TPSA) is 126 Å². The second-order valence-electron chi connectivity index (χ2n) is 6.11. The van der Waals surface area contributed by atoms with E-state index in [1.807, 2.05) is 13.8 Å². The minimum Gasteiger partial charge on any atom is -0.342 e. The highest BCUT2D eigenvalue weighted by Gasteiger charge is 2.16. The largest absolute Gasteiger partial charge is 0.342 e. The van der Waals surface area contributed by atoms with Crippen LogP contribution in [0.4, 0.5) is 0 Å². The molecule has 0 radical (unpaired) electrons. The summed E-state index contributed by atoms with van der Waals surface area (Å²) in [5, 5.41) is 6.99. The molecule has 9 nitrogen and oxygen atoms in total. The molecule has 27 heavy (non-hydrogen) atoms. The zero-order valence-corrected chi connectivity index (χ0v) is 15.2. The van der Waals surface area contributed by atoms with Crippen LogP contribution < -0.4 is 16.6 Å². The molecule has 0 unspecified atom stereocenters. The van der Waals surface area contributed by atoms with Gasteiger partial charge >= 0.3 is 5.69 Å². The van der Waals surface area contributed by atoms with Gasteiger partial charge in [-0.2, -0.15) is 5.10 Å². The van der Waals surface area contributed by atoms with Crippen LogP contribution in [0, 0.1) is 6.92 Å². The predicted molar refractivity (Wildman–Crippen MR) is 99.4 cm³/mol. The molecule has 1 atom stereocenters. The quantitative estimate of drug-likeness (QED) is 0.623. The minimum atomic E-state index is -0.550. The van der Waals surface area contributed by atoms with Crippen LogP contribution in [0.25, 0.3) is 11.1 Å². The number of nitrogens with one attached hydrogen (secondary N) is 3. The van der Waals surface area contributed by atoms with Crippen molar-refractivity contribution in [3.63, 3.8) is 0 Å². The Hall–Kier alpha value is -3.49. The monoisotopic (exact) mass is 368 g/mol. The van der Waals surface area contributed by atoms with Gasteiger partial charge < -0.3 is 10.3 Å². The Kier molecular flexibility index (Phi) is 5.02. The molecule has 3 aromatic rings. The normalized spacial score (nSPS) is 12.0. The number of aromatic amines is 2. The van der Waals surface area contributed by atoms with Crippen molar-refractivity contribution in [2.75, 3.05) is 0 Å². The lowest BCUT2D eigenvalue weighted by molar-refractivity contribution is 0.0937. The number of hydrogen-bond acceptors (Lipinski definition) is 5. The molecule has 2 heterocycles. The smallest absolute Gasteiger partial charge is 0.325 e. The molecule has 0 spiro atoms. The molecule has 0 fully saturated rings. The first-order valence-corrected chi connectivity index (χ1v) is 8.53. The van der Waals surface area contributed by atoms with Crippen LogP contribution in [0.15, 0.2) is 40.2 Å². The van der Waals surface area contributed by atoms with Gasteiger partial charge in [-0.05, 0) is 38.5 Å². The van der Waals surface area contributed by atoms with Crippen LogP contribution in [0.5, 0.6) is 0 Å². The van der Waals surface area contributed by atoms with Crippen LogP contribution in [-0.2, 0) is 6.54 Å². The molecule has 3 rings (SSSR count). The Morgan fingerprint density at radius 1 is 1.22 bits per heavy atom. The van der Waals surface area contributed by atoms with Crippen molar-refractivity contribution in [2.24, 2.45) is 0 Å². The summed E-state index contributed by atoms with van der Waals surface area (Å²) < 4.78 is 1.72. The summed E-state index contributed by atoms with van der Waals surface area (Å²) in [6, 6.07) is 6.30. The SMILES string of the molecule is CCn1ncnc1[C@@H](C)NC(=O)c1ccc(-c2c(C)[nH]c(=O)[nH]c2=O)cc1. The second kappa shape index (κ2) is 7.40. The molecule has 0 aliphatic heterocycles. The maximum Gasteiger partial charge on any atom is 0.325 e. The average molecular weight is 368 g/mol. The van der Waals surface area contributed by atoms with Crippen LogP contribution >= 0.6 is 0 Å². The molecular formula is C18H20N6O3. The van der Waals surface area contributed by atoms with Crippen molar-refractivity contribution >= 4 is 5.91 Å². The molecule has 0 aliphatic rings. The van der Waals surface area contributed by atoms with E-state index >= 15 is 0 Å². The van der Waals surface area contributed by atoms with Gasteiger partial charge in [0.2, 0.25) is 0 Å². The number of H-pyrrole nitrogens is 2. The Bertz CT molecular complexity index is 1080. The zero-order chi connectivity index (χ0) is 19.6. The van der Waals surface area contributed by atoms with Gasteiger partial charge in [0.1, 0.15) is 12.2 Å². The molecule has 140 valence electrons. The lowest BCUT2D eigenvalue weighted by Gasteiger charge is -2.14. The second-order valence-corrected chi connectivity index (χ2v) is 6.11. The Morgan fingerprint density at radius 3 is 2.56 bits per heavy atom. The average Bonchev–Trinajstić information content (AvgIpc) is 3.10. The highest BCUT2D eigenvalue weighted by atomic mass is 16.2. The number of aromatic nitrogens is 5. The third-order valence-electron chi connectivity index (χ3n) is 4.25. The molecule has 0 saturated heterocycles. The summed E-state index contributed by atoms with van der Waals surface area (Å²) in [6.07, 6.45) is 1.46. The number of rotatable bonds is 5. The van der Waals surface area contributed by atoms with E-state index in [1.165, 1.54) is 6.33 Å². The van der Waals surface area contributed by atoms with Crippen molar-refractivity contribution in [1.82, 2.24) is 30.0 Å². The van der Waals surface area contributed by atoms with Crippen LogP contribution in [-0.4, -0.2) is 30.6 Å². The van der Waals surface area contributed by atoms with Crippen LogP contribution in [0.2, 0.25) is 0 Å². The molecule has 2 aromatic heterocycles. The minimum absolute atomic E-state index is 0.258. The molecular weight excluding hydrogens is 348 g/mol. The van der Waals surface area contributed by atoms with E-state index in [1.54, 1.807) is 35.9 Å². The van der Waals surface area contributed by atoms with Gasteiger partial charge in [-0.3, -0.25) is 14.6 Å². The van der Waals surface area contributed by atoms with Gasteiger partial charge in [0.05, 0.1) is 11.6 Å². The van der Waals surface area contributed by atoms with Gasteiger partial charge in [-0.25, -0.2) is 14.5 Å². The number of nitrogens with zero attached hydrogens (tertiary/aromatic N) is 3. The molecule has 9 heteroatoms. The van der Waals surface area contributed by atoms with Gasteiger partial charge in [0.25, 0.3) is 11.5 Å². The first-order valence-electron chi connectivity index (χ1n) is 8.53. The first kappa shape index (κ1) is 18.3. The van der Waals surface area contributed by atoms with Gasteiger partial charge in [0, 0.05) is 17.8 Å². The van der Waals surface area contributed by atoms with Crippen molar-refractivity contribution in [3.8, 4) is 11.1 Å². The maximum atomic E-state index is 12.5. The Morgan fingerprint density at radius 2 is 1.93 bits per heavy atom. The van der Waals surface area contributed by atoms with E-state index in [4.69, 9.17) is 0 Å². The van der Waals surface area contributed by atoms with E-state index < -0.39 is 11.2 Å². The third-order valence-corrected chi connectivity index (χ3v) is 4.25. The maximum absolute atomic E-state index is 12.5. The molecule has 1 amide bonds. The van der Waals surface area contributed by atoms with Crippen molar-refractivity contribution in [1.29, 1.82) is 0 Å². The summed E-state index contributed by atoms with van der Waals surface area (Å²) in [6.45, 7) is 6.10. The first-order chi connectivity index (χ1) is 12.9. The number of benzene rings is 1. The van der Waals surface area contributed by atoms with E-state index in [9.17, 15) is 14.4 Å². The summed E-state index contributed by atoms with van der Waals surface area (Å²) in [7, 11) is 0. The van der Waals surface area contributed by atoms with Gasteiger partial charge in [0.15, 0.2) is 0 Å². The molecule has 1 aromatic carbocycles. The van der Waals surface area contributed by atoms with E-state index in [2.05, 4.69) is 25.4 Å². The number of aryl methyl sites for hydroxylation is 2. The highest BCUT2D eigenvalue weighted by molar-refractivity contribution is 5.94. The summed E-state index contributed by atoms with van der Waals surface area (Å²) >= 11 is 0. The van der Waals surface area contributed by atoms with Gasteiger partial charge in [-0.1, -0.05) is 12.1 Å². The van der Waals surface area contributed by atoms with Crippen LogP contribution in [0.1, 0.15) is 41.8 Å². The van der Waals surface area contributed by atoms with Crippen LogP contribution in [0.3, 0.4) is 0 Å². The number of amides is 1. The predicted octanol–water partition coefficient (Wildman–Crippen LogP) is 1.14. The summed E-state index contributed by atoms with van der Waals surface area (Å²) in [5.74, 6) is 0.421. The molecule has 0 saturated carbocycles. The molecule has 0 aliphatic carbocycles. The summed E-state index contributed by atoms with van der Waals surface area (Å²) in [4.78, 5) is 44.8. The zero-order valence-electron chi connectivity index (χ0n) is 15.2. The third kappa shape index (κ3) is 3.71. The molecule has 3 N–H and O–H groups in total.